The zero-order chi connectivity index (χ0) is 27.0. The molecule has 1 fully saturated rings. The number of amides is 1. The number of rotatable bonds is 15. The Bertz CT molecular complexity index is 969. The summed E-state index contributed by atoms with van der Waals surface area (Å²) in [7, 11) is 0. The molecule has 1 heterocycles. The summed E-state index contributed by atoms with van der Waals surface area (Å²) < 4.78 is 17.2. The minimum atomic E-state index is -0.505. The van der Waals surface area contributed by atoms with Crippen LogP contribution in [0.25, 0.3) is 0 Å². The molecule has 2 aromatic rings. The maximum Gasteiger partial charge on any atom is 0.415 e. The van der Waals surface area contributed by atoms with Crippen molar-refractivity contribution >= 4 is 12.1 Å². The molecule has 0 atom stereocenters. The van der Waals surface area contributed by atoms with Crippen molar-refractivity contribution in [2.45, 2.75) is 90.9 Å². The molecule has 6 heteroatoms. The normalized spacial score (nSPS) is 13.8. The van der Waals surface area contributed by atoms with Crippen LogP contribution in [0.15, 0.2) is 48.5 Å². The predicted molar refractivity (Wildman–Crippen MR) is 151 cm³/mol. The second kappa shape index (κ2) is 16.7. The Hall–Kier alpha value is -3.02. The summed E-state index contributed by atoms with van der Waals surface area (Å²) >= 11 is 0. The molecule has 0 saturated carbocycles. The van der Waals surface area contributed by atoms with E-state index in [1.165, 1.54) is 44.9 Å². The second-order valence-electron chi connectivity index (χ2n) is 10.4. The minimum absolute atomic E-state index is 0.196. The standard InChI is InChI=1S/C32H45NO5/c1-3-4-5-6-7-8-9-10-11-15-24-36-31(34)29-25-28(37-27-16-13-12-14-17-27)18-19-30(29)38-32(35)33-22-20-26(2)21-23-33/h12-14,16-19,25-26H,3-11,15,20-24H2,1-2H3. The van der Waals surface area contributed by atoms with Crippen molar-refractivity contribution in [2.75, 3.05) is 19.7 Å². The molecule has 38 heavy (non-hydrogen) atoms. The van der Waals surface area contributed by atoms with E-state index in [4.69, 9.17) is 14.2 Å². The number of ether oxygens (including phenoxy) is 3. The van der Waals surface area contributed by atoms with Crippen LogP contribution in [-0.4, -0.2) is 36.7 Å². The topological polar surface area (TPSA) is 65.1 Å². The van der Waals surface area contributed by atoms with E-state index >= 15 is 0 Å². The molecule has 1 saturated heterocycles. The molecule has 0 unspecified atom stereocenters. The molecule has 0 aromatic heterocycles. The zero-order valence-corrected chi connectivity index (χ0v) is 23.3. The van der Waals surface area contributed by atoms with Crippen molar-refractivity contribution in [2.24, 2.45) is 5.92 Å². The molecule has 1 aliphatic heterocycles. The van der Waals surface area contributed by atoms with Crippen molar-refractivity contribution in [3.05, 3.63) is 54.1 Å². The molecular weight excluding hydrogens is 478 g/mol. The number of nitrogens with zero attached hydrogens (tertiary/aromatic N) is 1. The quantitative estimate of drug-likeness (QED) is 0.172. The van der Waals surface area contributed by atoms with Crippen molar-refractivity contribution in [1.29, 1.82) is 0 Å². The van der Waals surface area contributed by atoms with Gasteiger partial charge in [0.15, 0.2) is 0 Å². The maximum atomic E-state index is 13.0. The van der Waals surface area contributed by atoms with Crippen molar-refractivity contribution in [3.63, 3.8) is 0 Å². The Morgan fingerprint density at radius 3 is 2.11 bits per heavy atom. The highest BCUT2D eigenvalue weighted by molar-refractivity contribution is 5.94. The van der Waals surface area contributed by atoms with Gasteiger partial charge in [0.05, 0.1) is 6.61 Å². The number of unbranched alkanes of at least 4 members (excludes halogenated alkanes) is 9. The van der Waals surface area contributed by atoms with Crippen LogP contribution >= 0.6 is 0 Å². The van der Waals surface area contributed by atoms with E-state index in [0.717, 1.165) is 32.1 Å². The van der Waals surface area contributed by atoms with Crippen LogP contribution in [0, 0.1) is 5.92 Å². The monoisotopic (exact) mass is 523 g/mol. The number of para-hydroxylation sites is 1. The van der Waals surface area contributed by atoms with Crippen LogP contribution in [0.2, 0.25) is 0 Å². The maximum absolute atomic E-state index is 13.0. The Balaban J connectivity index is 1.53. The summed E-state index contributed by atoms with van der Waals surface area (Å²) in [6, 6.07) is 14.3. The van der Waals surface area contributed by atoms with Crippen molar-refractivity contribution in [1.82, 2.24) is 4.90 Å². The fourth-order valence-corrected chi connectivity index (χ4v) is 4.63. The fraction of sp³-hybridized carbons (Fsp3) is 0.562. The van der Waals surface area contributed by atoms with E-state index < -0.39 is 12.1 Å². The Morgan fingerprint density at radius 1 is 0.816 bits per heavy atom. The Morgan fingerprint density at radius 2 is 1.45 bits per heavy atom. The number of hydrogen-bond donors (Lipinski definition) is 0. The zero-order valence-electron chi connectivity index (χ0n) is 23.3. The molecule has 6 nitrogen and oxygen atoms in total. The van der Waals surface area contributed by atoms with E-state index in [1.807, 2.05) is 30.3 Å². The van der Waals surface area contributed by atoms with Gasteiger partial charge in [-0.05, 0) is 55.5 Å². The number of piperidine rings is 1. The smallest absolute Gasteiger partial charge is 0.415 e. The van der Waals surface area contributed by atoms with Gasteiger partial charge in [-0.25, -0.2) is 9.59 Å². The van der Waals surface area contributed by atoms with Gasteiger partial charge in [0, 0.05) is 13.1 Å². The average molecular weight is 524 g/mol. The van der Waals surface area contributed by atoms with Crippen LogP contribution in [0.3, 0.4) is 0 Å². The van der Waals surface area contributed by atoms with Crippen LogP contribution in [0.4, 0.5) is 4.79 Å². The van der Waals surface area contributed by atoms with E-state index in [1.54, 1.807) is 23.1 Å². The number of esters is 1. The number of hydrogen-bond acceptors (Lipinski definition) is 5. The van der Waals surface area contributed by atoms with Crippen LogP contribution < -0.4 is 9.47 Å². The number of benzene rings is 2. The lowest BCUT2D eigenvalue weighted by Gasteiger charge is -2.29. The second-order valence-corrected chi connectivity index (χ2v) is 10.4. The summed E-state index contributed by atoms with van der Waals surface area (Å²) in [5.74, 6) is 1.43. The largest absolute Gasteiger partial charge is 0.462 e. The Labute approximate surface area is 228 Å². The third kappa shape index (κ3) is 10.4. The van der Waals surface area contributed by atoms with Crippen LogP contribution in [0.1, 0.15) is 101 Å². The molecular formula is C32H45NO5. The summed E-state index contributed by atoms with van der Waals surface area (Å²) in [4.78, 5) is 27.6. The van der Waals surface area contributed by atoms with Gasteiger partial charge in [0.2, 0.25) is 0 Å². The number of carbonyl (C=O) groups excluding carboxylic acids is 2. The third-order valence-corrected chi connectivity index (χ3v) is 7.12. The highest BCUT2D eigenvalue weighted by Gasteiger charge is 2.24. The fourth-order valence-electron chi connectivity index (χ4n) is 4.63. The first kappa shape index (κ1) is 29.5. The number of carbonyl (C=O) groups is 2. The predicted octanol–water partition coefficient (Wildman–Crippen LogP) is 8.79. The van der Waals surface area contributed by atoms with Gasteiger partial charge in [-0.2, -0.15) is 0 Å². The lowest BCUT2D eigenvalue weighted by molar-refractivity contribution is 0.0493. The van der Waals surface area contributed by atoms with E-state index in [2.05, 4.69) is 13.8 Å². The summed E-state index contributed by atoms with van der Waals surface area (Å²) in [5.41, 5.74) is 0.198. The first-order valence-electron chi connectivity index (χ1n) is 14.6. The molecule has 0 bridgehead atoms. The molecule has 1 amide bonds. The summed E-state index contributed by atoms with van der Waals surface area (Å²) in [5, 5.41) is 0. The molecule has 0 N–H and O–H groups in total. The Kier molecular flexibility index (Phi) is 13.0. The van der Waals surface area contributed by atoms with E-state index in [-0.39, 0.29) is 11.3 Å². The van der Waals surface area contributed by atoms with Gasteiger partial charge in [-0.15, -0.1) is 0 Å². The molecule has 1 aliphatic rings. The molecule has 0 spiro atoms. The molecule has 0 radical (unpaired) electrons. The van der Waals surface area contributed by atoms with Crippen LogP contribution in [0.5, 0.6) is 17.2 Å². The molecule has 2 aromatic carbocycles. The van der Waals surface area contributed by atoms with Crippen molar-refractivity contribution < 1.29 is 23.8 Å². The van der Waals surface area contributed by atoms with Gasteiger partial charge in [0.1, 0.15) is 22.8 Å². The molecule has 0 aliphatic carbocycles. The molecule has 3 rings (SSSR count). The van der Waals surface area contributed by atoms with E-state index in [0.29, 0.717) is 37.1 Å². The van der Waals surface area contributed by atoms with Gasteiger partial charge >= 0.3 is 12.1 Å². The summed E-state index contributed by atoms with van der Waals surface area (Å²) in [6.45, 7) is 6.10. The third-order valence-electron chi connectivity index (χ3n) is 7.12. The first-order chi connectivity index (χ1) is 18.6. The van der Waals surface area contributed by atoms with Gasteiger partial charge in [-0.3, -0.25) is 0 Å². The first-order valence-corrected chi connectivity index (χ1v) is 14.6. The number of likely N-dealkylation sites (tertiary alicyclic amines) is 1. The average Bonchev–Trinajstić information content (AvgIpc) is 2.93. The van der Waals surface area contributed by atoms with Crippen LogP contribution in [-0.2, 0) is 4.74 Å². The summed E-state index contributed by atoms with van der Waals surface area (Å²) in [6.07, 6.45) is 13.6. The SMILES string of the molecule is CCCCCCCCCCCCOC(=O)c1cc(Oc2ccccc2)ccc1OC(=O)N1CCC(C)CC1. The molecule has 208 valence electrons. The lowest BCUT2D eigenvalue weighted by Crippen LogP contribution is -2.39. The minimum Gasteiger partial charge on any atom is -0.462 e. The van der Waals surface area contributed by atoms with Crippen molar-refractivity contribution in [3.8, 4) is 17.2 Å². The van der Waals surface area contributed by atoms with Gasteiger partial charge in [-0.1, -0.05) is 89.8 Å². The highest BCUT2D eigenvalue weighted by atomic mass is 16.6. The van der Waals surface area contributed by atoms with Gasteiger partial charge < -0.3 is 19.1 Å². The lowest BCUT2D eigenvalue weighted by atomic mass is 10.00. The van der Waals surface area contributed by atoms with E-state index in [9.17, 15) is 9.59 Å². The highest BCUT2D eigenvalue weighted by Crippen LogP contribution is 2.29. The van der Waals surface area contributed by atoms with Gasteiger partial charge in [0.25, 0.3) is 0 Å².